The molecule has 0 radical (unpaired) electrons. The van der Waals surface area contributed by atoms with Crippen LogP contribution in [0.1, 0.15) is 0 Å². The third kappa shape index (κ3) is 2.41. The van der Waals surface area contributed by atoms with Gasteiger partial charge in [-0.1, -0.05) is 12.1 Å². The van der Waals surface area contributed by atoms with Crippen LogP contribution in [0, 0.1) is 5.82 Å². The lowest BCUT2D eigenvalue weighted by Gasteiger charge is -2.19. The Hall–Kier alpha value is -1.62. The molecule has 0 fully saturated rings. The molecule has 0 spiro atoms. The van der Waals surface area contributed by atoms with E-state index in [4.69, 9.17) is 5.84 Å². The number of carboxylic acids is 1. The Morgan fingerprint density at radius 1 is 1.54 bits per heavy atom. The number of carbonyl (C=O) groups excluding carboxylic acids is 1. The van der Waals surface area contributed by atoms with Crippen LogP contribution in [0.2, 0.25) is 0 Å². The summed E-state index contributed by atoms with van der Waals surface area (Å²) in [5.74, 6) is 3.35. The molecule has 0 aliphatic carbocycles. The van der Waals surface area contributed by atoms with Crippen molar-refractivity contribution >= 4 is 11.7 Å². The third-order valence-electron chi connectivity index (χ3n) is 1.46. The minimum absolute atomic E-state index is 0.0340. The predicted octanol–water partition coefficient (Wildman–Crippen LogP) is -0.744. The van der Waals surface area contributed by atoms with Gasteiger partial charge in [0.1, 0.15) is 5.82 Å². The summed E-state index contributed by atoms with van der Waals surface area (Å²) in [4.78, 5) is 10.1. The summed E-state index contributed by atoms with van der Waals surface area (Å²) in [6.07, 6.45) is 0. The maximum Gasteiger partial charge on any atom is 0.147 e. The van der Waals surface area contributed by atoms with Crippen molar-refractivity contribution in [3.63, 3.8) is 0 Å². The quantitative estimate of drug-likeness (QED) is 0.494. The summed E-state index contributed by atoms with van der Waals surface area (Å²) in [5.41, 5.74) is 0.0340. The van der Waals surface area contributed by atoms with Crippen molar-refractivity contribution in [2.24, 2.45) is 5.84 Å². The fraction of sp³-hybridized carbons (Fsp3) is 0.125. The lowest BCUT2D eigenvalue weighted by atomic mass is 10.3. The molecule has 0 saturated heterocycles. The molecule has 0 unspecified atom stereocenters. The summed E-state index contributed by atoms with van der Waals surface area (Å²) in [7, 11) is 0. The number of benzene rings is 1. The molecule has 0 aliphatic rings. The highest BCUT2D eigenvalue weighted by Crippen LogP contribution is 2.14. The minimum atomic E-state index is -1.36. The largest absolute Gasteiger partial charge is 0.548 e. The van der Waals surface area contributed by atoms with E-state index in [0.29, 0.717) is 0 Å². The molecular weight excluding hydrogens is 175 g/mol. The van der Waals surface area contributed by atoms with E-state index in [9.17, 15) is 14.3 Å². The highest BCUT2D eigenvalue weighted by Gasteiger charge is 2.06. The van der Waals surface area contributed by atoms with E-state index in [-0.39, 0.29) is 5.69 Å². The summed E-state index contributed by atoms with van der Waals surface area (Å²) in [5, 5.41) is 10.9. The number of aliphatic carboxylic acids is 1. The highest BCUT2D eigenvalue weighted by atomic mass is 19.1. The van der Waals surface area contributed by atoms with Gasteiger partial charge >= 0.3 is 0 Å². The van der Waals surface area contributed by atoms with Gasteiger partial charge in [0.2, 0.25) is 0 Å². The van der Waals surface area contributed by atoms with Crippen LogP contribution in [0.25, 0.3) is 0 Å². The number of nitrogens with zero attached hydrogens (tertiary/aromatic N) is 1. The van der Waals surface area contributed by atoms with Gasteiger partial charge in [0.05, 0.1) is 18.2 Å². The Morgan fingerprint density at radius 3 is 2.69 bits per heavy atom. The average Bonchev–Trinajstić information content (AvgIpc) is 2.03. The Labute approximate surface area is 74.4 Å². The highest BCUT2D eigenvalue weighted by molar-refractivity contribution is 5.71. The second kappa shape index (κ2) is 3.86. The number of rotatable bonds is 3. The molecule has 5 heteroatoms. The number of hydrogen-bond donors (Lipinski definition) is 1. The molecule has 0 atom stereocenters. The van der Waals surface area contributed by atoms with Crippen LogP contribution in [0.3, 0.4) is 0 Å². The summed E-state index contributed by atoms with van der Waals surface area (Å²) >= 11 is 0. The summed E-state index contributed by atoms with van der Waals surface area (Å²) in [6, 6.07) is 5.64. The first-order chi connectivity index (χ1) is 6.11. The van der Waals surface area contributed by atoms with Gasteiger partial charge < -0.3 is 14.9 Å². The maximum absolute atomic E-state index is 13.0. The second-order valence-corrected chi connectivity index (χ2v) is 2.45. The lowest BCUT2D eigenvalue weighted by molar-refractivity contribution is -0.303. The standard InChI is InChI=1S/C8H9FN2O2/c9-6-3-1-2-4-7(6)11(10)5-8(12)13/h1-4H,5,10H2,(H,12,13)/p-1. The fourth-order valence-corrected chi connectivity index (χ4v) is 0.909. The molecule has 1 aromatic carbocycles. The maximum atomic E-state index is 13.0. The first-order valence-electron chi connectivity index (χ1n) is 3.58. The van der Waals surface area contributed by atoms with E-state index in [0.717, 1.165) is 5.01 Å². The molecule has 13 heavy (non-hydrogen) atoms. The van der Waals surface area contributed by atoms with E-state index in [1.54, 1.807) is 6.07 Å². The number of hydrazine groups is 1. The zero-order valence-corrected chi connectivity index (χ0v) is 6.74. The number of carboxylic acid groups (broad SMARTS) is 1. The van der Waals surface area contributed by atoms with Crippen molar-refractivity contribution < 1.29 is 14.3 Å². The van der Waals surface area contributed by atoms with Crippen LogP contribution in [0.15, 0.2) is 24.3 Å². The van der Waals surface area contributed by atoms with Crippen molar-refractivity contribution in [2.45, 2.75) is 0 Å². The van der Waals surface area contributed by atoms with Crippen molar-refractivity contribution in [1.29, 1.82) is 0 Å². The van der Waals surface area contributed by atoms with E-state index in [2.05, 4.69) is 0 Å². The fourth-order valence-electron chi connectivity index (χ4n) is 0.909. The smallest absolute Gasteiger partial charge is 0.147 e. The number of nitrogens with two attached hydrogens (primary N) is 1. The second-order valence-electron chi connectivity index (χ2n) is 2.45. The van der Waals surface area contributed by atoms with Crippen LogP contribution in [0.4, 0.5) is 10.1 Å². The molecular formula is C8H8FN2O2-. The minimum Gasteiger partial charge on any atom is -0.548 e. The van der Waals surface area contributed by atoms with Gasteiger partial charge in [-0.2, -0.15) is 0 Å². The number of hydrogen-bond acceptors (Lipinski definition) is 4. The average molecular weight is 183 g/mol. The zero-order chi connectivity index (χ0) is 9.84. The molecule has 1 rings (SSSR count). The number of anilines is 1. The molecule has 0 amide bonds. The van der Waals surface area contributed by atoms with E-state index in [1.807, 2.05) is 0 Å². The molecule has 0 saturated carbocycles. The van der Waals surface area contributed by atoms with Crippen molar-refractivity contribution in [3.05, 3.63) is 30.1 Å². The van der Waals surface area contributed by atoms with Crippen LogP contribution in [0.5, 0.6) is 0 Å². The van der Waals surface area contributed by atoms with Gasteiger partial charge in [0, 0.05) is 0 Å². The van der Waals surface area contributed by atoms with E-state index < -0.39 is 18.3 Å². The third-order valence-corrected chi connectivity index (χ3v) is 1.46. The van der Waals surface area contributed by atoms with Crippen LogP contribution >= 0.6 is 0 Å². The molecule has 4 nitrogen and oxygen atoms in total. The van der Waals surface area contributed by atoms with Gasteiger partial charge in [0.15, 0.2) is 0 Å². The van der Waals surface area contributed by atoms with Gasteiger partial charge in [0.25, 0.3) is 0 Å². The predicted molar refractivity (Wildman–Crippen MR) is 42.9 cm³/mol. The molecule has 0 bridgehead atoms. The van der Waals surface area contributed by atoms with Crippen molar-refractivity contribution in [2.75, 3.05) is 11.6 Å². The number of halogens is 1. The summed E-state index contributed by atoms with van der Waals surface area (Å²) < 4.78 is 13.0. The van der Waals surface area contributed by atoms with E-state index in [1.165, 1.54) is 18.2 Å². The molecule has 0 aliphatic heterocycles. The van der Waals surface area contributed by atoms with Gasteiger partial charge in [-0.15, -0.1) is 0 Å². The Morgan fingerprint density at radius 2 is 2.15 bits per heavy atom. The number of carbonyl (C=O) groups is 1. The van der Waals surface area contributed by atoms with Gasteiger partial charge in [-0.05, 0) is 12.1 Å². The Bertz CT molecular complexity index is 317. The van der Waals surface area contributed by atoms with Crippen LogP contribution in [-0.2, 0) is 4.79 Å². The zero-order valence-electron chi connectivity index (χ0n) is 6.74. The molecule has 70 valence electrons. The van der Waals surface area contributed by atoms with Crippen LogP contribution in [-0.4, -0.2) is 12.5 Å². The van der Waals surface area contributed by atoms with Gasteiger partial charge in [-0.25, -0.2) is 10.2 Å². The monoisotopic (exact) mass is 183 g/mol. The lowest BCUT2D eigenvalue weighted by Crippen LogP contribution is -2.42. The summed E-state index contributed by atoms with van der Waals surface area (Å²) in [6.45, 7) is -0.541. The topological polar surface area (TPSA) is 69.4 Å². The molecule has 1 aromatic rings. The first kappa shape index (κ1) is 9.47. The molecule has 2 N–H and O–H groups in total. The van der Waals surface area contributed by atoms with Crippen molar-refractivity contribution in [3.8, 4) is 0 Å². The first-order valence-corrected chi connectivity index (χ1v) is 3.58. The van der Waals surface area contributed by atoms with Crippen LogP contribution < -0.4 is 16.0 Å². The molecule has 0 heterocycles. The SMILES string of the molecule is NN(CC(=O)[O-])c1ccccc1F. The van der Waals surface area contributed by atoms with E-state index >= 15 is 0 Å². The van der Waals surface area contributed by atoms with Gasteiger partial charge in [-0.3, -0.25) is 0 Å². The Kier molecular flexibility index (Phi) is 2.81. The Balaban J connectivity index is 2.82. The normalized spacial score (nSPS) is 9.69. The van der Waals surface area contributed by atoms with Crippen molar-refractivity contribution in [1.82, 2.24) is 0 Å². The number of para-hydroxylation sites is 1. The molecule has 0 aromatic heterocycles.